The van der Waals surface area contributed by atoms with Crippen LogP contribution in [0, 0.1) is 11.3 Å². The monoisotopic (exact) mass is 445 g/mol. The molecule has 0 radical (unpaired) electrons. The van der Waals surface area contributed by atoms with Gasteiger partial charge in [-0.15, -0.1) is 0 Å². The molecule has 0 spiro atoms. The van der Waals surface area contributed by atoms with Crippen LogP contribution in [0.4, 0.5) is 11.4 Å². The zero-order valence-electron chi connectivity index (χ0n) is 20.2. The molecule has 33 heavy (non-hydrogen) atoms. The van der Waals surface area contributed by atoms with Crippen molar-refractivity contribution < 1.29 is 14.3 Å². The highest BCUT2D eigenvalue weighted by Gasteiger charge is 2.31. The molecule has 6 nitrogen and oxygen atoms in total. The first kappa shape index (κ1) is 23.9. The Kier molecular flexibility index (Phi) is 7.13. The Morgan fingerprint density at radius 1 is 1.18 bits per heavy atom. The normalized spacial score (nSPS) is 14.6. The van der Waals surface area contributed by atoms with Crippen molar-refractivity contribution in [3.63, 3.8) is 0 Å². The van der Waals surface area contributed by atoms with Crippen LogP contribution in [0.5, 0.6) is 11.5 Å². The summed E-state index contributed by atoms with van der Waals surface area (Å²) < 4.78 is 10.8. The summed E-state index contributed by atoms with van der Waals surface area (Å²) in [5, 5.41) is 12.5. The maximum absolute atomic E-state index is 12.8. The zero-order valence-corrected chi connectivity index (χ0v) is 20.2. The predicted octanol–water partition coefficient (Wildman–Crippen LogP) is 5.66. The summed E-state index contributed by atoms with van der Waals surface area (Å²) in [7, 11) is 3.18. The fourth-order valence-corrected chi connectivity index (χ4v) is 4.22. The first-order chi connectivity index (χ1) is 15.7. The van der Waals surface area contributed by atoms with E-state index in [1.807, 2.05) is 18.2 Å². The van der Waals surface area contributed by atoms with Crippen LogP contribution in [0.15, 0.2) is 48.0 Å². The molecule has 3 rings (SSSR count). The number of carbonyl (C=O) groups is 1. The Balaban J connectivity index is 2.00. The largest absolute Gasteiger partial charge is 0.497 e. The lowest BCUT2D eigenvalue weighted by molar-refractivity contribution is -0.112. The molecule has 0 atom stereocenters. The highest BCUT2D eigenvalue weighted by atomic mass is 16.5. The first-order valence-corrected chi connectivity index (χ1v) is 11.0. The lowest BCUT2D eigenvalue weighted by Gasteiger charge is -2.43. The summed E-state index contributed by atoms with van der Waals surface area (Å²) in [6.07, 6.45) is 4.85. The summed E-state index contributed by atoms with van der Waals surface area (Å²) in [5.74, 6) is 0.820. The van der Waals surface area contributed by atoms with Crippen molar-refractivity contribution in [3.8, 4) is 17.6 Å². The minimum absolute atomic E-state index is 0.00717. The number of hydrogen-bond donors (Lipinski definition) is 1. The number of amides is 1. The molecule has 0 saturated heterocycles. The van der Waals surface area contributed by atoms with E-state index in [1.165, 1.54) is 0 Å². The fraction of sp³-hybridized carbons (Fsp3) is 0.333. The van der Waals surface area contributed by atoms with Gasteiger partial charge in [0.25, 0.3) is 5.91 Å². The Morgan fingerprint density at radius 3 is 2.45 bits per heavy atom. The summed E-state index contributed by atoms with van der Waals surface area (Å²) in [4.78, 5) is 15.2. The molecule has 0 unspecified atom stereocenters. The Morgan fingerprint density at radius 2 is 1.88 bits per heavy atom. The number of allylic oxidation sites excluding steroid dienone is 1. The molecular formula is C27H31N3O3. The highest BCUT2D eigenvalue weighted by molar-refractivity contribution is 6.10. The number of fused-ring (bicyclic) bond motifs is 1. The summed E-state index contributed by atoms with van der Waals surface area (Å²) in [5.41, 5.74) is 4.45. The second kappa shape index (κ2) is 9.83. The fourth-order valence-electron chi connectivity index (χ4n) is 4.22. The van der Waals surface area contributed by atoms with Gasteiger partial charge in [0.2, 0.25) is 0 Å². The average Bonchev–Trinajstić information content (AvgIpc) is 2.79. The minimum Gasteiger partial charge on any atom is -0.497 e. The van der Waals surface area contributed by atoms with Gasteiger partial charge in [-0.25, -0.2) is 0 Å². The van der Waals surface area contributed by atoms with Crippen LogP contribution >= 0.6 is 0 Å². The number of nitrogens with one attached hydrogen (secondary N) is 1. The molecule has 1 N–H and O–H groups in total. The zero-order chi connectivity index (χ0) is 24.2. The quantitative estimate of drug-likeness (QED) is 0.440. The maximum atomic E-state index is 12.8. The summed E-state index contributed by atoms with van der Waals surface area (Å²) >= 11 is 0. The average molecular weight is 446 g/mol. The molecule has 2 aromatic rings. The van der Waals surface area contributed by atoms with E-state index < -0.39 is 5.91 Å². The molecular weight excluding hydrogens is 414 g/mol. The molecule has 0 aromatic heterocycles. The third-order valence-electron chi connectivity index (χ3n) is 5.79. The number of methoxy groups -OCH3 is 2. The van der Waals surface area contributed by atoms with Gasteiger partial charge in [-0.05, 0) is 69.2 Å². The van der Waals surface area contributed by atoms with Crippen LogP contribution in [0.1, 0.15) is 45.2 Å². The molecule has 1 amide bonds. The van der Waals surface area contributed by atoms with Crippen molar-refractivity contribution >= 4 is 28.9 Å². The molecule has 172 valence electrons. The highest BCUT2D eigenvalue weighted by Crippen LogP contribution is 2.42. The van der Waals surface area contributed by atoms with E-state index in [0.717, 1.165) is 29.8 Å². The number of ether oxygens (including phenoxy) is 2. The number of rotatable bonds is 7. The van der Waals surface area contributed by atoms with Crippen LogP contribution in [0.3, 0.4) is 0 Å². The van der Waals surface area contributed by atoms with Gasteiger partial charge >= 0.3 is 0 Å². The maximum Gasteiger partial charge on any atom is 0.266 e. The number of carbonyl (C=O) groups excluding carboxylic acids is 1. The number of nitriles is 1. The van der Waals surface area contributed by atoms with Crippen molar-refractivity contribution in [2.45, 2.75) is 39.7 Å². The minimum atomic E-state index is -0.483. The van der Waals surface area contributed by atoms with E-state index in [4.69, 9.17) is 9.47 Å². The number of anilines is 2. The molecule has 1 aliphatic rings. The van der Waals surface area contributed by atoms with E-state index >= 15 is 0 Å². The van der Waals surface area contributed by atoms with Crippen LogP contribution in [0.2, 0.25) is 0 Å². The standard InChI is InChI=1S/C27H31N3O3/c1-7-12-30-24-15-25(33-6)19(14-23(24)18(2)16-27(30,3)4)13-20(17-28)26(31)29-21-8-10-22(32-5)11-9-21/h8-11,13-16H,7,12H2,1-6H3,(H,29,31)/b20-13+. The predicted molar refractivity (Wildman–Crippen MR) is 134 cm³/mol. The molecule has 6 heteroatoms. The number of hydrogen-bond acceptors (Lipinski definition) is 5. The number of nitrogens with zero attached hydrogens (tertiary/aromatic N) is 2. The van der Waals surface area contributed by atoms with E-state index in [9.17, 15) is 10.1 Å². The van der Waals surface area contributed by atoms with Crippen molar-refractivity contribution in [3.05, 3.63) is 59.2 Å². The Hall–Kier alpha value is -3.72. The molecule has 2 aromatic carbocycles. The molecule has 1 aliphatic heterocycles. The molecule has 0 bridgehead atoms. The lowest BCUT2D eigenvalue weighted by atomic mass is 9.87. The van der Waals surface area contributed by atoms with Gasteiger partial charge in [0.1, 0.15) is 23.1 Å². The van der Waals surface area contributed by atoms with Gasteiger partial charge < -0.3 is 19.7 Å². The smallest absolute Gasteiger partial charge is 0.266 e. The Labute approximate surface area is 196 Å². The van der Waals surface area contributed by atoms with Crippen molar-refractivity contribution in [2.24, 2.45) is 0 Å². The van der Waals surface area contributed by atoms with Crippen molar-refractivity contribution in [2.75, 3.05) is 31.0 Å². The third-order valence-corrected chi connectivity index (χ3v) is 5.79. The number of benzene rings is 2. The van der Waals surface area contributed by atoms with E-state index in [-0.39, 0.29) is 11.1 Å². The third kappa shape index (κ3) is 5.04. The second-order valence-electron chi connectivity index (χ2n) is 8.60. The topological polar surface area (TPSA) is 74.6 Å². The van der Waals surface area contributed by atoms with Crippen molar-refractivity contribution in [1.29, 1.82) is 5.26 Å². The van der Waals surface area contributed by atoms with Gasteiger partial charge in [0.15, 0.2) is 0 Å². The van der Waals surface area contributed by atoms with Crippen LogP contribution in [-0.2, 0) is 4.79 Å². The SMILES string of the molecule is CCCN1c2cc(OC)c(/C=C(\C#N)C(=O)Nc3ccc(OC)cc3)cc2C(C)=CC1(C)C. The second-order valence-corrected chi connectivity index (χ2v) is 8.60. The molecule has 1 heterocycles. The molecule has 0 fully saturated rings. The molecule has 0 aliphatic carbocycles. The van der Waals surface area contributed by atoms with Crippen LogP contribution in [0.25, 0.3) is 11.6 Å². The van der Waals surface area contributed by atoms with Gasteiger partial charge in [0, 0.05) is 35.1 Å². The van der Waals surface area contributed by atoms with Gasteiger partial charge in [-0.1, -0.05) is 13.0 Å². The van der Waals surface area contributed by atoms with Crippen LogP contribution in [-0.4, -0.2) is 32.2 Å². The van der Waals surface area contributed by atoms with Gasteiger partial charge in [-0.3, -0.25) is 4.79 Å². The summed E-state index contributed by atoms with van der Waals surface area (Å²) in [6, 6.07) is 13.0. The summed E-state index contributed by atoms with van der Waals surface area (Å²) in [6.45, 7) is 9.57. The van der Waals surface area contributed by atoms with E-state index in [1.54, 1.807) is 44.6 Å². The van der Waals surface area contributed by atoms with Crippen LogP contribution < -0.4 is 19.7 Å². The van der Waals surface area contributed by atoms with Gasteiger partial charge in [0.05, 0.1) is 19.8 Å². The van der Waals surface area contributed by atoms with Gasteiger partial charge in [-0.2, -0.15) is 5.26 Å². The Bertz CT molecular complexity index is 1140. The van der Waals surface area contributed by atoms with E-state index in [0.29, 0.717) is 22.7 Å². The lowest BCUT2D eigenvalue weighted by Crippen LogP contribution is -2.45. The first-order valence-electron chi connectivity index (χ1n) is 11.0. The van der Waals surface area contributed by atoms with E-state index in [2.05, 4.69) is 44.0 Å². The molecule has 0 saturated carbocycles. The van der Waals surface area contributed by atoms with Crippen molar-refractivity contribution in [1.82, 2.24) is 0 Å².